The van der Waals surface area contributed by atoms with E-state index in [2.05, 4.69) is 86.9 Å². The highest BCUT2D eigenvalue weighted by Gasteiger charge is 2.29. The van der Waals surface area contributed by atoms with E-state index < -0.39 is 0 Å². The molecule has 2 amide bonds. The van der Waals surface area contributed by atoms with Crippen LogP contribution in [0.3, 0.4) is 0 Å². The number of anilines is 2. The number of hydrogen-bond donors (Lipinski definition) is 2. The number of rotatable bonds is 10. The average molecular weight is 619 g/mol. The number of nitrogens with zero attached hydrogens (tertiary/aromatic N) is 4. The van der Waals surface area contributed by atoms with Crippen LogP contribution in [0, 0.1) is 0 Å². The van der Waals surface area contributed by atoms with E-state index in [0.717, 1.165) is 35.6 Å². The molecule has 46 heavy (non-hydrogen) atoms. The number of imidazole rings is 2. The van der Waals surface area contributed by atoms with E-state index in [1.165, 1.54) is 11.1 Å². The molecule has 0 aliphatic rings. The van der Waals surface area contributed by atoms with Gasteiger partial charge in [0, 0.05) is 22.2 Å². The van der Waals surface area contributed by atoms with Crippen LogP contribution in [0.5, 0.6) is 0 Å². The molecule has 0 aliphatic heterocycles. The molecule has 2 aromatic heterocycles. The smallest absolute Gasteiger partial charge is 0.315 e. The van der Waals surface area contributed by atoms with Crippen molar-refractivity contribution in [2.75, 3.05) is 10.6 Å². The Balaban J connectivity index is 1.32. The Kier molecular flexibility index (Phi) is 9.01. The molecule has 5 rings (SSSR count). The molecule has 0 saturated carbocycles. The van der Waals surface area contributed by atoms with Gasteiger partial charge in [0.2, 0.25) is 0 Å². The van der Waals surface area contributed by atoms with Gasteiger partial charge < -0.3 is 10.6 Å². The quantitative estimate of drug-likeness (QED) is 0.185. The molecule has 3 aromatic carbocycles. The highest BCUT2D eigenvalue weighted by Crippen LogP contribution is 2.37. The van der Waals surface area contributed by atoms with Crippen LogP contribution in [0.15, 0.2) is 97.6 Å². The molecule has 2 heterocycles. The molecular weight excluding hydrogens is 572 g/mol. The van der Waals surface area contributed by atoms with Crippen molar-refractivity contribution >= 4 is 23.2 Å². The fourth-order valence-corrected chi connectivity index (χ4v) is 6.08. The molecule has 0 saturated heterocycles. The Labute approximate surface area is 272 Å². The lowest BCUT2D eigenvalue weighted by atomic mass is 9.73. The zero-order valence-corrected chi connectivity index (χ0v) is 28.3. The lowest BCUT2D eigenvalue weighted by molar-refractivity contribution is -0.672. The summed E-state index contributed by atoms with van der Waals surface area (Å²) < 4.78 is 7.54. The van der Waals surface area contributed by atoms with Gasteiger partial charge in [-0.15, -0.1) is 0 Å². The number of amides is 2. The van der Waals surface area contributed by atoms with Crippen molar-refractivity contribution in [1.82, 2.24) is 9.13 Å². The fraction of sp³-hybridized carbons (Fsp3) is 0.316. The Morgan fingerprint density at radius 1 is 0.609 bits per heavy atom. The molecule has 0 fully saturated rings. The molecule has 0 bridgehead atoms. The second kappa shape index (κ2) is 12.8. The van der Waals surface area contributed by atoms with E-state index in [1.54, 1.807) is 0 Å². The molecule has 2 N–H and O–H groups in total. The minimum absolute atomic E-state index is 0.132. The summed E-state index contributed by atoms with van der Waals surface area (Å²) in [4.78, 5) is 26.0. The zero-order valence-electron chi connectivity index (χ0n) is 28.3. The van der Waals surface area contributed by atoms with Crippen molar-refractivity contribution in [1.29, 1.82) is 0 Å². The molecule has 0 unspecified atom stereocenters. The largest absolute Gasteiger partial charge is 0.348 e. The van der Waals surface area contributed by atoms with Gasteiger partial charge in [0.15, 0.2) is 0 Å². The average Bonchev–Trinajstić information content (AvgIpc) is 3.62. The first-order valence-electron chi connectivity index (χ1n) is 15.9. The van der Waals surface area contributed by atoms with Gasteiger partial charge in [0.1, 0.15) is 24.8 Å². The number of carbonyl (C=O) groups is 2. The molecule has 5 aromatic rings. The summed E-state index contributed by atoms with van der Waals surface area (Å²) in [6.45, 7) is 14.4. The maximum Gasteiger partial charge on any atom is 0.348 e. The van der Waals surface area contributed by atoms with Crippen LogP contribution in [0.4, 0.5) is 11.4 Å². The van der Waals surface area contributed by atoms with E-state index in [1.807, 2.05) is 95.3 Å². The van der Waals surface area contributed by atoms with E-state index >= 15 is 0 Å². The van der Waals surface area contributed by atoms with Crippen LogP contribution in [-0.4, -0.2) is 20.9 Å². The van der Waals surface area contributed by atoms with Crippen LogP contribution in [0.25, 0.3) is 0 Å². The van der Waals surface area contributed by atoms with Gasteiger partial charge in [-0.1, -0.05) is 76.2 Å². The maximum absolute atomic E-state index is 13.0. The number of hydrogen-bond acceptors (Lipinski definition) is 2. The van der Waals surface area contributed by atoms with Crippen molar-refractivity contribution < 1.29 is 18.7 Å². The zero-order chi connectivity index (χ0) is 33.2. The number of carbonyl (C=O) groups excluding carboxylic acids is 2. The van der Waals surface area contributed by atoms with Crippen molar-refractivity contribution in [3.63, 3.8) is 0 Å². The summed E-state index contributed by atoms with van der Waals surface area (Å²) >= 11 is 0. The lowest BCUT2D eigenvalue weighted by Crippen LogP contribution is -2.37. The second-order valence-corrected chi connectivity index (χ2v) is 12.9. The summed E-state index contributed by atoms with van der Waals surface area (Å²) in [6.07, 6.45) is 7.61. The third kappa shape index (κ3) is 6.25. The van der Waals surface area contributed by atoms with Crippen molar-refractivity contribution in [2.45, 2.75) is 65.5 Å². The fourth-order valence-electron chi connectivity index (χ4n) is 6.08. The molecule has 0 spiro atoms. The predicted molar refractivity (Wildman–Crippen MR) is 182 cm³/mol. The highest BCUT2D eigenvalue weighted by molar-refractivity contribution is 6.01. The third-order valence-electron chi connectivity index (χ3n) is 9.28. The van der Waals surface area contributed by atoms with Gasteiger partial charge in [-0.25, -0.2) is 18.3 Å². The topological polar surface area (TPSA) is 75.8 Å². The first-order valence-corrected chi connectivity index (χ1v) is 15.9. The van der Waals surface area contributed by atoms with Gasteiger partial charge in [0.25, 0.3) is 0 Å². The van der Waals surface area contributed by atoms with E-state index in [9.17, 15) is 9.59 Å². The number of benzene rings is 3. The lowest BCUT2D eigenvalue weighted by Gasteiger charge is -2.31. The predicted octanol–water partition coefficient (Wildman–Crippen LogP) is 6.13. The Morgan fingerprint density at radius 3 is 1.33 bits per heavy atom. The standard InChI is InChI=1S/C38H44N6O2/c1-9-43-24-22-41(7)35(43)33(45)39-31-18-14-27(15-19-31)37(3,4)29-12-11-13-30(26-29)38(5,6)28-16-20-32(21-17-28)40-34(46)36-42(8)23-25-44(36)10-2/h11-26H,9-10H2,1-8H3/p+2. The molecule has 8 nitrogen and oxygen atoms in total. The van der Waals surface area contributed by atoms with Crippen LogP contribution >= 0.6 is 0 Å². The second-order valence-electron chi connectivity index (χ2n) is 12.9. The minimum Gasteiger partial charge on any atom is -0.315 e. The monoisotopic (exact) mass is 618 g/mol. The van der Waals surface area contributed by atoms with Gasteiger partial charge in [-0.2, -0.15) is 0 Å². The van der Waals surface area contributed by atoms with E-state index in [4.69, 9.17) is 0 Å². The molecule has 0 atom stereocenters. The number of aryl methyl sites for hydroxylation is 4. The first kappa shape index (κ1) is 32.4. The summed E-state index contributed by atoms with van der Waals surface area (Å²) in [5.74, 6) is 0.963. The van der Waals surface area contributed by atoms with Crippen molar-refractivity contribution in [2.24, 2.45) is 14.1 Å². The number of nitrogens with one attached hydrogen (secondary N) is 2. The molecule has 238 valence electrons. The maximum atomic E-state index is 13.0. The molecular formula is C38H46N6O2+2. The molecule has 0 aliphatic carbocycles. The highest BCUT2D eigenvalue weighted by atomic mass is 16.2. The Morgan fingerprint density at radius 2 is 0.978 bits per heavy atom. The summed E-state index contributed by atoms with van der Waals surface area (Å²) in [5.41, 5.74) is 5.72. The molecule has 8 heteroatoms. The van der Waals surface area contributed by atoms with E-state index in [-0.39, 0.29) is 22.6 Å². The van der Waals surface area contributed by atoms with Crippen LogP contribution in [0.2, 0.25) is 0 Å². The SMILES string of the molecule is CCn1cc[n+](C)c1C(=O)Nc1ccc(C(C)(C)c2cccc(C(C)(C)c3ccc(NC(=O)c4n(CC)cc[n+]4C)cc3)c2)cc1. The Hall–Kier alpha value is -4.98. The normalized spacial score (nSPS) is 11.8. The van der Waals surface area contributed by atoms with E-state index in [0.29, 0.717) is 11.6 Å². The summed E-state index contributed by atoms with van der Waals surface area (Å²) in [6, 6.07) is 25.1. The van der Waals surface area contributed by atoms with Crippen LogP contribution < -0.4 is 19.8 Å². The number of aromatic nitrogens is 4. The minimum atomic E-state index is -0.265. The third-order valence-corrected chi connectivity index (χ3v) is 9.28. The van der Waals surface area contributed by atoms with Crippen LogP contribution in [0.1, 0.15) is 85.0 Å². The summed E-state index contributed by atoms with van der Waals surface area (Å²) in [7, 11) is 3.76. The Bertz CT molecular complexity index is 1730. The van der Waals surface area contributed by atoms with Gasteiger partial charge in [-0.05, 0) is 60.4 Å². The first-order chi connectivity index (χ1) is 21.9. The molecule has 0 radical (unpaired) electrons. The van der Waals surface area contributed by atoms with Gasteiger partial charge >= 0.3 is 23.5 Å². The van der Waals surface area contributed by atoms with Crippen LogP contribution in [-0.2, 0) is 38.0 Å². The van der Waals surface area contributed by atoms with Gasteiger partial charge in [0.05, 0.1) is 27.2 Å². The van der Waals surface area contributed by atoms with Gasteiger partial charge in [-0.3, -0.25) is 9.59 Å². The van der Waals surface area contributed by atoms with Crippen molar-refractivity contribution in [3.05, 3.63) is 131 Å². The van der Waals surface area contributed by atoms with Crippen molar-refractivity contribution in [3.8, 4) is 0 Å². The summed E-state index contributed by atoms with van der Waals surface area (Å²) in [5, 5.41) is 6.10.